The second-order valence-corrected chi connectivity index (χ2v) is 14.7. The van der Waals surface area contributed by atoms with Crippen molar-refractivity contribution in [2.24, 2.45) is 0 Å². The average Bonchev–Trinajstić information content (AvgIpc) is 3.46. The van der Waals surface area contributed by atoms with E-state index in [1.54, 1.807) is 0 Å². The van der Waals surface area contributed by atoms with Gasteiger partial charge in [0.2, 0.25) is 0 Å². The third kappa shape index (κ3) is 33.5. The van der Waals surface area contributed by atoms with E-state index >= 15 is 0 Å². The zero-order valence-electron chi connectivity index (χ0n) is 24.2. The van der Waals surface area contributed by atoms with E-state index in [2.05, 4.69) is 79.5 Å². The van der Waals surface area contributed by atoms with Gasteiger partial charge in [-0.25, -0.2) is 0 Å². The van der Waals surface area contributed by atoms with E-state index in [9.17, 15) is 0 Å². The molecule has 1 unspecified atom stereocenters. The molecule has 1 saturated carbocycles. The molecule has 1 aliphatic carbocycles. The molecule has 0 saturated heterocycles. The molecule has 0 amide bonds. The third-order valence-corrected chi connectivity index (χ3v) is 10.6. The van der Waals surface area contributed by atoms with Gasteiger partial charge in [0.05, 0.1) is 0 Å². The zero-order chi connectivity index (χ0) is 28.7. The van der Waals surface area contributed by atoms with Crippen LogP contribution < -0.4 is 0 Å². The van der Waals surface area contributed by atoms with Crippen LogP contribution in [0.15, 0.2) is 0 Å². The molecule has 0 heterocycles. The minimum Gasteiger partial charge on any atom is -0.421 e. The van der Waals surface area contributed by atoms with Crippen molar-refractivity contribution >= 4 is 8.32 Å². The molecule has 1 aliphatic rings. The van der Waals surface area contributed by atoms with Gasteiger partial charge in [-0.15, -0.1) is 0 Å². The van der Waals surface area contributed by atoms with E-state index in [-0.39, 0.29) is 32.2 Å². The topological polar surface area (TPSA) is 68.9 Å². The molecule has 1 atom stereocenters. The van der Waals surface area contributed by atoms with Gasteiger partial charge in [-0.2, -0.15) is 6.92 Å². The van der Waals surface area contributed by atoms with Crippen molar-refractivity contribution in [3.63, 3.8) is 0 Å². The minimum atomic E-state index is -1.74. The number of hydrogen-bond donors (Lipinski definition) is 0. The average molecular weight is 699 g/mol. The van der Waals surface area contributed by atoms with Gasteiger partial charge in [0.15, 0.2) is 8.32 Å². The summed E-state index contributed by atoms with van der Waals surface area (Å²) >= 11 is 0. The molecule has 0 N–H and O–H groups in total. The van der Waals surface area contributed by atoms with Crippen molar-refractivity contribution in [2.45, 2.75) is 129 Å². The molecule has 0 aromatic heterocycles. The van der Waals surface area contributed by atoms with E-state index in [1.807, 2.05) is 32.1 Å². The van der Waals surface area contributed by atoms with Gasteiger partial charge < -0.3 is 4.43 Å². The zero-order valence-corrected chi connectivity index (χ0v) is 28.1. The van der Waals surface area contributed by atoms with E-state index in [0.717, 1.165) is 6.42 Å². The largest absolute Gasteiger partial charge is 2.00 e. The molecule has 0 aliphatic heterocycles. The molecule has 207 valence electrons. The van der Waals surface area contributed by atoms with Gasteiger partial charge in [-0.05, 0) is 56.7 Å². The summed E-state index contributed by atoms with van der Waals surface area (Å²) in [6.45, 7) is 31.0. The predicted octanol–water partition coefficient (Wildman–Crippen LogP) is 8.82. The van der Waals surface area contributed by atoms with Crippen molar-refractivity contribution in [3.8, 4) is 11.8 Å². The molecular weight excluding hydrogens is 648 g/mol. The first-order valence-electron chi connectivity index (χ1n) is 13.0. The summed E-state index contributed by atoms with van der Waals surface area (Å²) in [5.74, 6) is 6.03. The number of unbranched alkanes of at least 4 members (excludes halogenated alkanes) is 10. The Morgan fingerprint density at radius 3 is 1.35 bits per heavy atom. The second-order valence-electron chi connectivity index (χ2n) is 9.97. The SMILES string of the molecule is [C-]#[O+].[C-]#[O+].[C-]#[O+].[CH2-]C#CC(CCCCCCCCCCCCC)O[Si](C)(C)C(C)(C)C.[CH]1[CH][CH][CH][CH]1.[W+2]. The van der Waals surface area contributed by atoms with E-state index < -0.39 is 8.32 Å². The molecule has 0 aromatic rings. The van der Waals surface area contributed by atoms with Crippen LogP contribution >= 0.6 is 0 Å². The molecule has 0 bridgehead atoms. The summed E-state index contributed by atoms with van der Waals surface area (Å²) < 4.78 is 29.0. The van der Waals surface area contributed by atoms with Crippen LogP contribution in [0.1, 0.15) is 105 Å². The Hall–Kier alpha value is -0.485. The Kier molecular flexibility index (Phi) is 44.5. The summed E-state index contributed by atoms with van der Waals surface area (Å²) in [6, 6.07) is 0. The second kappa shape index (κ2) is 35.5. The normalized spacial score (nSPS) is 12.4. The van der Waals surface area contributed by atoms with Crippen LogP contribution in [-0.2, 0) is 39.4 Å². The van der Waals surface area contributed by atoms with Gasteiger partial charge in [0, 0.05) is 6.10 Å². The standard InChI is InChI=1S/C23H45OSi.C5H5.3CO.W/c1-8-10-11-12-13-14-15-16-17-18-19-21-22(20-9-2)24-25(6,7)23(3,4)5;1-2-4-5-3-1;3*1-2;/h22H,2,8,10-19,21H2,1,3-7H3;1-5H;;;;/q-1;;;;;+2. The summed E-state index contributed by atoms with van der Waals surface area (Å²) in [5.41, 5.74) is 0. The quantitative estimate of drug-likeness (QED) is 0.0588. The predicted molar refractivity (Wildman–Crippen MR) is 150 cm³/mol. The molecule has 5 radical (unpaired) electrons. The van der Waals surface area contributed by atoms with Crippen LogP contribution in [-0.4, -0.2) is 14.4 Å². The maximum Gasteiger partial charge on any atom is 2.00 e. The van der Waals surface area contributed by atoms with Crippen molar-refractivity contribution in [3.05, 3.63) is 59.0 Å². The molecule has 0 spiro atoms. The molecule has 1 rings (SSSR count). The minimum absolute atomic E-state index is 0. The van der Waals surface area contributed by atoms with Crippen LogP contribution in [0.4, 0.5) is 0 Å². The molecule has 4 nitrogen and oxygen atoms in total. The van der Waals surface area contributed by atoms with Crippen LogP contribution in [0.5, 0.6) is 0 Å². The molecule has 37 heavy (non-hydrogen) atoms. The monoisotopic (exact) mass is 698 g/mol. The van der Waals surface area contributed by atoms with Crippen molar-refractivity contribution in [1.29, 1.82) is 0 Å². The maximum atomic E-state index is 7.50. The first-order valence-corrected chi connectivity index (χ1v) is 15.9. The molecule has 1 fully saturated rings. The van der Waals surface area contributed by atoms with Gasteiger partial charge in [-0.3, -0.25) is 11.8 Å². The maximum absolute atomic E-state index is 7.50. The fourth-order valence-electron chi connectivity index (χ4n) is 3.12. The van der Waals surface area contributed by atoms with Gasteiger partial charge in [-0.1, -0.05) is 98.3 Å². The van der Waals surface area contributed by atoms with Gasteiger partial charge >= 0.3 is 55.0 Å². The fraction of sp³-hybridized carbons (Fsp3) is 0.645. The van der Waals surface area contributed by atoms with Gasteiger partial charge in [0.25, 0.3) is 0 Å². The first-order chi connectivity index (χ1) is 17.2. The van der Waals surface area contributed by atoms with Crippen LogP contribution in [0, 0.1) is 70.8 Å². The van der Waals surface area contributed by atoms with Crippen molar-refractivity contribution in [2.75, 3.05) is 0 Å². The van der Waals surface area contributed by atoms with E-state index in [0.29, 0.717) is 0 Å². The van der Waals surface area contributed by atoms with E-state index in [4.69, 9.17) is 18.4 Å². The van der Waals surface area contributed by atoms with Crippen molar-refractivity contribution < 1.29 is 39.4 Å². The summed E-state index contributed by atoms with van der Waals surface area (Å²) in [5, 5.41) is 0.241. The Morgan fingerprint density at radius 1 is 0.730 bits per heavy atom. The van der Waals surface area contributed by atoms with Crippen LogP contribution in [0.2, 0.25) is 18.1 Å². The smallest absolute Gasteiger partial charge is 0.421 e. The van der Waals surface area contributed by atoms with Gasteiger partial charge in [0.1, 0.15) is 0 Å². The third-order valence-electron chi connectivity index (χ3n) is 6.13. The Morgan fingerprint density at radius 2 is 1.05 bits per heavy atom. The molecule has 6 heteroatoms. The summed E-state index contributed by atoms with van der Waals surface area (Å²) in [4.78, 5) is 0. The summed E-state index contributed by atoms with van der Waals surface area (Å²) in [6.07, 6.45) is 26.3. The Balaban J connectivity index is -0.000000239. The first kappa shape index (κ1) is 46.4. The Bertz CT molecular complexity index is 542. The van der Waals surface area contributed by atoms with Crippen LogP contribution in [0.25, 0.3) is 0 Å². The van der Waals surface area contributed by atoms with Crippen LogP contribution in [0.3, 0.4) is 0 Å². The fourth-order valence-corrected chi connectivity index (χ4v) is 4.36. The van der Waals surface area contributed by atoms with E-state index in [1.165, 1.54) is 70.6 Å². The number of hydrogen-bond acceptors (Lipinski definition) is 1. The molecule has 0 aromatic carbocycles. The van der Waals surface area contributed by atoms with Crippen molar-refractivity contribution in [1.82, 2.24) is 0 Å². The summed E-state index contributed by atoms with van der Waals surface area (Å²) in [7, 11) is -1.74. The molecular formula is C31H50O4SiW+. The Labute approximate surface area is 246 Å². The number of rotatable bonds is 14.